The fourth-order valence-corrected chi connectivity index (χ4v) is 2.15. The number of hydrogen-bond donors (Lipinski definition) is 3. The van der Waals surface area contributed by atoms with Crippen LogP contribution in [0.2, 0.25) is 5.02 Å². The van der Waals surface area contributed by atoms with Gasteiger partial charge in [0.05, 0.1) is 15.2 Å². The number of carboxylic acid groups (broad SMARTS) is 1. The number of hydrogen-bond acceptors (Lipinski definition) is 2. The van der Waals surface area contributed by atoms with E-state index in [9.17, 15) is 9.59 Å². The fourth-order valence-electron chi connectivity index (χ4n) is 1.61. The second kappa shape index (κ2) is 8.11. The lowest BCUT2D eigenvalue weighted by molar-refractivity contribution is -0.137. The van der Waals surface area contributed by atoms with Crippen molar-refractivity contribution >= 4 is 45.2 Å². The van der Waals surface area contributed by atoms with E-state index in [-0.39, 0.29) is 18.5 Å². The molecule has 0 radical (unpaired) electrons. The molecule has 0 aliphatic heterocycles. The normalized spacial score (nSPS) is 11.8. The summed E-state index contributed by atoms with van der Waals surface area (Å²) in [6.07, 6.45) is 1.24. The predicted molar refractivity (Wildman–Crippen MR) is 82.3 cm³/mol. The van der Waals surface area contributed by atoms with Crippen molar-refractivity contribution in [2.24, 2.45) is 0 Å². The van der Waals surface area contributed by atoms with Crippen LogP contribution in [0.5, 0.6) is 0 Å². The number of urea groups is 1. The molecule has 0 heterocycles. The maximum Gasteiger partial charge on any atom is 0.319 e. The van der Waals surface area contributed by atoms with E-state index in [1.807, 2.05) is 6.92 Å². The van der Waals surface area contributed by atoms with E-state index >= 15 is 0 Å². The molecule has 1 rings (SSSR count). The van der Waals surface area contributed by atoms with Crippen molar-refractivity contribution in [3.8, 4) is 0 Å². The molecule has 1 aromatic rings. The molecule has 1 unspecified atom stereocenters. The van der Waals surface area contributed by atoms with Gasteiger partial charge in [0.15, 0.2) is 0 Å². The van der Waals surface area contributed by atoms with Crippen molar-refractivity contribution in [2.45, 2.75) is 32.2 Å². The van der Waals surface area contributed by atoms with Gasteiger partial charge >= 0.3 is 12.0 Å². The first-order valence-electron chi connectivity index (χ1n) is 6.13. The number of carbonyl (C=O) groups excluding carboxylic acids is 1. The Labute approximate surface area is 130 Å². The van der Waals surface area contributed by atoms with Gasteiger partial charge in [-0.15, -0.1) is 0 Å². The minimum atomic E-state index is -0.829. The molecule has 110 valence electrons. The van der Waals surface area contributed by atoms with Crippen LogP contribution < -0.4 is 10.6 Å². The first-order chi connectivity index (χ1) is 9.40. The highest BCUT2D eigenvalue weighted by atomic mass is 79.9. The van der Waals surface area contributed by atoms with Gasteiger partial charge in [0, 0.05) is 12.5 Å². The standard InChI is InChI=1S/C13H16BrClN2O3/c1-8(4-2-7-11(18)19)16-13(20)17-10-6-3-5-9(15)12(10)14/h3,5-6,8H,2,4,7H2,1H3,(H,18,19)(H2,16,17,20). The van der Waals surface area contributed by atoms with Crippen LogP contribution in [-0.2, 0) is 4.79 Å². The third-order valence-corrected chi connectivity index (χ3v) is 4.00. The highest BCUT2D eigenvalue weighted by Crippen LogP contribution is 2.29. The van der Waals surface area contributed by atoms with Crippen LogP contribution in [0.15, 0.2) is 22.7 Å². The van der Waals surface area contributed by atoms with E-state index in [2.05, 4.69) is 26.6 Å². The fraction of sp³-hybridized carbons (Fsp3) is 0.385. The third kappa shape index (κ3) is 5.79. The van der Waals surface area contributed by atoms with Gasteiger partial charge in [-0.05, 0) is 47.8 Å². The highest BCUT2D eigenvalue weighted by molar-refractivity contribution is 9.10. The Morgan fingerprint density at radius 1 is 1.45 bits per heavy atom. The number of rotatable bonds is 6. The molecule has 0 fully saturated rings. The molecule has 20 heavy (non-hydrogen) atoms. The maximum absolute atomic E-state index is 11.8. The monoisotopic (exact) mass is 362 g/mol. The molecule has 0 spiro atoms. The quantitative estimate of drug-likeness (QED) is 0.718. The van der Waals surface area contributed by atoms with Crippen molar-refractivity contribution in [1.82, 2.24) is 5.32 Å². The smallest absolute Gasteiger partial charge is 0.319 e. The number of amides is 2. The summed E-state index contributed by atoms with van der Waals surface area (Å²) in [5.74, 6) is -0.829. The Bertz CT molecular complexity index is 497. The Kier molecular flexibility index (Phi) is 6.81. The SMILES string of the molecule is CC(CCCC(=O)O)NC(=O)Nc1cccc(Cl)c1Br. The molecule has 3 N–H and O–H groups in total. The molecule has 5 nitrogen and oxygen atoms in total. The number of aliphatic carboxylic acids is 1. The van der Waals surface area contributed by atoms with Gasteiger partial charge < -0.3 is 15.7 Å². The van der Waals surface area contributed by atoms with Crippen LogP contribution in [0.4, 0.5) is 10.5 Å². The van der Waals surface area contributed by atoms with Crippen molar-refractivity contribution in [3.05, 3.63) is 27.7 Å². The van der Waals surface area contributed by atoms with Crippen molar-refractivity contribution in [1.29, 1.82) is 0 Å². The number of nitrogens with one attached hydrogen (secondary N) is 2. The van der Waals surface area contributed by atoms with Gasteiger partial charge in [-0.1, -0.05) is 17.7 Å². The maximum atomic E-state index is 11.8. The van der Waals surface area contributed by atoms with Crippen LogP contribution in [-0.4, -0.2) is 23.1 Å². The van der Waals surface area contributed by atoms with E-state index in [4.69, 9.17) is 16.7 Å². The number of carbonyl (C=O) groups is 2. The molecule has 0 saturated carbocycles. The molecule has 0 saturated heterocycles. The van der Waals surface area contributed by atoms with E-state index in [1.54, 1.807) is 18.2 Å². The van der Waals surface area contributed by atoms with Gasteiger partial charge in [0.2, 0.25) is 0 Å². The summed E-state index contributed by atoms with van der Waals surface area (Å²) in [4.78, 5) is 22.2. The van der Waals surface area contributed by atoms with E-state index in [1.165, 1.54) is 0 Å². The van der Waals surface area contributed by atoms with Crippen LogP contribution in [0.1, 0.15) is 26.2 Å². The Morgan fingerprint density at radius 2 is 2.15 bits per heavy atom. The summed E-state index contributed by atoms with van der Waals surface area (Å²) in [6.45, 7) is 1.83. The largest absolute Gasteiger partial charge is 0.481 e. The average Bonchev–Trinajstić information content (AvgIpc) is 2.34. The molecule has 0 aromatic heterocycles. The zero-order valence-electron chi connectivity index (χ0n) is 11.0. The summed E-state index contributed by atoms with van der Waals surface area (Å²) >= 11 is 9.22. The molecular weight excluding hydrogens is 348 g/mol. The van der Waals surface area contributed by atoms with Gasteiger partial charge in [-0.3, -0.25) is 4.79 Å². The van der Waals surface area contributed by atoms with Crippen molar-refractivity contribution < 1.29 is 14.7 Å². The van der Waals surface area contributed by atoms with Crippen LogP contribution in [0.3, 0.4) is 0 Å². The summed E-state index contributed by atoms with van der Waals surface area (Å²) in [7, 11) is 0. The lowest BCUT2D eigenvalue weighted by atomic mass is 10.1. The van der Waals surface area contributed by atoms with Crippen molar-refractivity contribution in [3.63, 3.8) is 0 Å². The number of benzene rings is 1. The zero-order valence-corrected chi connectivity index (χ0v) is 13.3. The lowest BCUT2D eigenvalue weighted by Gasteiger charge is -2.15. The second-order valence-corrected chi connectivity index (χ2v) is 5.59. The molecule has 1 atom stereocenters. The molecule has 0 aliphatic carbocycles. The number of halogens is 2. The van der Waals surface area contributed by atoms with Gasteiger partial charge in [0.1, 0.15) is 0 Å². The number of carboxylic acids is 1. The summed E-state index contributed by atoms with van der Waals surface area (Å²) in [6, 6.07) is 4.72. The average molecular weight is 364 g/mol. The molecule has 0 bridgehead atoms. The van der Waals surface area contributed by atoms with Crippen LogP contribution >= 0.6 is 27.5 Å². The van der Waals surface area contributed by atoms with Crippen LogP contribution in [0.25, 0.3) is 0 Å². The summed E-state index contributed by atoms with van der Waals surface area (Å²) in [5, 5.41) is 14.5. The minimum absolute atomic E-state index is 0.104. The van der Waals surface area contributed by atoms with E-state index < -0.39 is 5.97 Å². The van der Waals surface area contributed by atoms with Crippen molar-refractivity contribution in [2.75, 3.05) is 5.32 Å². The van der Waals surface area contributed by atoms with Gasteiger partial charge in [-0.25, -0.2) is 4.79 Å². The summed E-state index contributed by atoms with van der Waals surface area (Å²) < 4.78 is 0.621. The second-order valence-electron chi connectivity index (χ2n) is 4.39. The Hall–Kier alpha value is -1.27. The van der Waals surface area contributed by atoms with Gasteiger partial charge in [0.25, 0.3) is 0 Å². The summed E-state index contributed by atoms with van der Waals surface area (Å²) in [5.41, 5.74) is 0.577. The molecule has 2 amide bonds. The molecular formula is C13H16BrClN2O3. The zero-order chi connectivity index (χ0) is 15.1. The van der Waals surface area contributed by atoms with Gasteiger partial charge in [-0.2, -0.15) is 0 Å². The predicted octanol–water partition coefficient (Wildman–Crippen LogP) is 3.87. The first-order valence-corrected chi connectivity index (χ1v) is 7.30. The topological polar surface area (TPSA) is 78.4 Å². The third-order valence-electron chi connectivity index (χ3n) is 2.61. The minimum Gasteiger partial charge on any atom is -0.481 e. The Morgan fingerprint density at radius 3 is 2.80 bits per heavy atom. The first kappa shape index (κ1) is 16.8. The number of anilines is 1. The molecule has 7 heteroatoms. The molecule has 1 aromatic carbocycles. The van der Waals surface area contributed by atoms with E-state index in [0.717, 1.165) is 0 Å². The highest BCUT2D eigenvalue weighted by Gasteiger charge is 2.10. The molecule has 0 aliphatic rings. The van der Waals surface area contributed by atoms with E-state index in [0.29, 0.717) is 28.0 Å². The Balaban J connectivity index is 2.43. The van der Waals surface area contributed by atoms with Crippen LogP contribution in [0, 0.1) is 0 Å². The lowest BCUT2D eigenvalue weighted by Crippen LogP contribution is -2.36.